The quantitative estimate of drug-likeness (QED) is 0.725. The molecule has 1 aromatic heterocycles. The van der Waals surface area contributed by atoms with Crippen LogP contribution in [0.3, 0.4) is 0 Å². The van der Waals surface area contributed by atoms with Gasteiger partial charge in [0.2, 0.25) is 5.91 Å². The van der Waals surface area contributed by atoms with Gasteiger partial charge in [0.25, 0.3) is 0 Å². The van der Waals surface area contributed by atoms with E-state index in [4.69, 9.17) is 5.73 Å². The molecule has 0 aromatic carbocycles. The molecule has 1 unspecified atom stereocenters. The van der Waals surface area contributed by atoms with Gasteiger partial charge in [0, 0.05) is 18.9 Å². The Bertz CT molecular complexity index is 305. The lowest BCUT2D eigenvalue weighted by Gasteiger charge is -2.21. The van der Waals surface area contributed by atoms with E-state index in [1.54, 1.807) is 17.8 Å². The second kappa shape index (κ2) is 4.93. The van der Waals surface area contributed by atoms with Crippen LogP contribution in [0.15, 0.2) is 18.5 Å². The maximum absolute atomic E-state index is 11.6. The van der Waals surface area contributed by atoms with E-state index >= 15 is 0 Å². The average Bonchev–Trinajstić information content (AvgIpc) is 2.70. The highest BCUT2D eigenvalue weighted by atomic mass is 16.2. The number of aromatic nitrogens is 2. The summed E-state index contributed by atoms with van der Waals surface area (Å²) in [6, 6.07) is 1.85. The zero-order valence-corrected chi connectivity index (χ0v) is 9.23. The van der Waals surface area contributed by atoms with Crippen LogP contribution in [0.5, 0.6) is 0 Å². The Hall–Kier alpha value is -1.36. The van der Waals surface area contributed by atoms with Crippen LogP contribution in [0.1, 0.15) is 20.3 Å². The first-order chi connectivity index (χ1) is 7.06. The maximum atomic E-state index is 11.6. The summed E-state index contributed by atoms with van der Waals surface area (Å²) in [7, 11) is 0. The summed E-state index contributed by atoms with van der Waals surface area (Å²) in [5, 5.41) is 6.82. The molecular weight excluding hydrogens is 192 g/mol. The molecule has 1 heterocycles. The van der Waals surface area contributed by atoms with Crippen LogP contribution in [0.4, 0.5) is 0 Å². The Morgan fingerprint density at radius 2 is 2.40 bits per heavy atom. The third-order valence-corrected chi connectivity index (χ3v) is 2.44. The lowest BCUT2D eigenvalue weighted by Crippen LogP contribution is -2.51. The minimum absolute atomic E-state index is 0.114. The van der Waals surface area contributed by atoms with Gasteiger partial charge >= 0.3 is 0 Å². The molecule has 0 aliphatic rings. The van der Waals surface area contributed by atoms with Crippen molar-refractivity contribution in [1.82, 2.24) is 15.1 Å². The van der Waals surface area contributed by atoms with Gasteiger partial charge in [0.15, 0.2) is 0 Å². The number of amides is 1. The molecule has 0 fully saturated rings. The zero-order chi connectivity index (χ0) is 11.3. The SMILES string of the molecule is CCC(C)(N)C(=O)NCCn1cccn1. The van der Waals surface area contributed by atoms with E-state index in [9.17, 15) is 4.79 Å². The molecule has 1 rings (SSSR count). The van der Waals surface area contributed by atoms with Gasteiger partial charge in [0.05, 0.1) is 12.1 Å². The summed E-state index contributed by atoms with van der Waals surface area (Å²) >= 11 is 0. The lowest BCUT2D eigenvalue weighted by molar-refractivity contribution is -0.125. The summed E-state index contributed by atoms with van der Waals surface area (Å²) < 4.78 is 1.76. The summed E-state index contributed by atoms with van der Waals surface area (Å²) in [6.45, 7) is 4.84. The lowest BCUT2D eigenvalue weighted by atomic mass is 10.00. The molecule has 1 aromatic rings. The van der Waals surface area contributed by atoms with Crippen molar-refractivity contribution < 1.29 is 4.79 Å². The Morgan fingerprint density at radius 3 is 2.93 bits per heavy atom. The van der Waals surface area contributed by atoms with Gasteiger partial charge < -0.3 is 11.1 Å². The van der Waals surface area contributed by atoms with Crippen molar-refractivity contribution in [1.29, 1.82) is 0 Å². The highest BCUT2D eigenvalue weighted by Crippen LogP contribution is 2.03. The minimum atomic E-state index is -0.774. The first-order valence-electron chi connectivity index (χ1n) is 5.11. The predicted molar refractivity (Wildman–Crippen MR) is 58.1 cm³/mol. The van der Waals surface area contributed by atoms with Gasteiger partial charge in [-0.25, -0.2) is 0 Å². The number of carbonyl (C=O) groups is 1. The number of carbonyl (C=O) groups excluding carboxylic acids is 1. The van der Waals surface area contributed by atoms with Crippen LogP contribution in [-0.2, 0) is 11.3 Å². The van der Waals surface area contributed by atoms with Crippen LogP contribution in [0.2, 0.25) is 0 Å². The average molecular weight is 210 g/mol. The normalized spacial score (nSPS) is 14.6. The Balaban J connectivity index is 2.29. The van der Waals surface area contributed by atoms with Gasteiger partial charge in [-0.05, 0) is 19.4 Å². The van der Waals surface area contributed by atoms with E-state index in [1.807, 2.05) is 19.2 Å². The van der Waals surface area contributed by atoms with Crippen molar-refractivity contribution in [2.75, 3.05) is 6.54 Å². The first kappa shape index (κ1) is 11.7. The summed E-state index contributed by atoms with van der Waals surface area (Å²) in [4.78, 5) is 11.6. The van der Waals surface area contributed by atoms with Gasteiger partial charge in [-0.3, -0.25) is 9.48 Å². The predicted octanol–water partition coefficient (Wildman–Crippen LogP) is 0.127. The van der Waals surface area contributed by atoms with E-state index in [1.165, 1.54) is 0 Å². The van der Waals surface area contributed by atoms with Crippen LogP contribution >= 0.6 is 0 Å². The largest absolute Gasteiger partial charge is 0.353 e. The fourth-order valence-corrected chi connectivity index (χ4v) is 1.08. The van der Waals surface area contributed by atoms with Crippen molar-refractivity contribution in [3.8, 4) is 0 Å². The van der Waals surface area contributed by atoms with Gasteiger partial charge in [-0.2, -0.15) is 5.10 Å². The van der Waals surface area contributed by atoms with E-state index < -0.39 is 5.54 Å². The number of nitrogens with one attached hydrogen (secondary N) is 1. The van der Waals surface area contributed by atoms with Gasteiger partial charge in [0.1, 0.15) is 0 Å². The van der Waals surface area contributed by atoms with Crippen LogP contribution in [0.25, 0.3) is 0 Å². The molecule has 3 N–H and O–H groups in total. The fourth-order valence-electron chi connectivity index (χ4n) is 1.08. The maximum Gasteiger partial charge on any atom is 0.239 e. The van der Waals surface area contributed by atoms with Crippen LogP contribution in [-0.4, -0.2) is 27.8 Å². The van der Waals surface area contributed by atoms with Crippen molar-refractivity contribution in [2.24, 2.45) is 5.73 Å². The molecule has 0 bridgehead atoms. The van der Waals surface area contributed by atoms with Gasteiger partial charge in [-0.1, -0.05) is 6.92 Å². The smallest absolute Gasteiger partial charge is 0.239 e. The summed E-state index contributed by atoms with van der Waals surface area (Å²) in [5.74, 6) is -0.114. The molecule has 84 valence electrons. The van der Waals surface area contributed by atoms with Crippen molar-refractivity contribution >= 4 is 5.91 Å². The first-order valence-corrected chi connectivity index (χ1v) is 5.11. The molecule has 5 nitrogen and oxygen atoms in total. The summed E-state index contributed by atoms with van der Waals surface area (Å²) in [5.41, 5.74) is 5.01. The zero-order valence-electron chi connectivity index (χ0n) is 9.23. The fraction of sp³-hybridized carbons (Fsp3) is 0.600. The van der Waals surface area contributed by atoms with Crippen molar-refractivity contribution in [2.45, 2.75) is 32.4 Å². The number of hydrogen-bond acceptors (Lipinski definition) is 3. The number of rotatable bonds is 5. The van der Waals surface area contributed by atoms with E-state index in [2.05, 4.69) is 10.4 Å². The Labute approximate surface area is 89.6 Å². The Kier molecular flexibility index (Phi) is 3.85. The third kappa shape index (κ3) is 3.36. The number of nitrogens with two attached hydrogens (primary N) is 1. The minimum Gasteiger partial charge on any atom is -0.353 e. The molecule has 0 aliphatic carbocycles. The van der Waals surface area contributed by atoms with E-state index in [-0.39, 0.29) is 5.91 Å². The number of hydrogen-bond donors (Lipinski definition) is 2. The molecule has 5 heteroatoms. The molecule has 15 heavy (non-hydrogen) atoms. The number of nitrogens with zero attached hydrogens (tertiary/aromatic N) is 2. The van der Waals surface area contributed by atoms with Crippen molar-refractivity contribution in [3.05, 3.63) is 18.5 Å². The molecule has 1 atom stereocenters. The summed E-state index contributed by atoms with van der Waals surface area (Å²) in [6.07, 6.45) is 4.19. The van der Waals surface area contributed by atoms with E-state index in [0.717, 1.165) is 0 Å². The molecule has 0 radical (unpaired) electrons. The van der Waals surface area contributed by atoms with E-state index in [0.29, 0.717) is 19.5 Å². The highest BCUT2D eigenvalue weighted by Gasteiger charge is 2.25. The molecule has 1 amide bonds. The second-order valence-electron chi connectivity index (χ2n) is 3.80. The molecule has 0 aliphatic heterocycles. The second-order valence-corrected chi connectivity index (χ2v) is 3.80. The molecule has 0 spiro atoms. The molecule has 0 saturated heterocycles. The van der Waals surface area contributed by atoms with Crippen LogP contribution in [0, 0.1) is 0 Å². The molecule has 0 saturated carbocycles. The third-order valence-electron chi connectivity index (χ3n) is 2.44. The highest BCUT2D eigenvalue weighted by molar-refractivity contribution is 5.85. The monoisotopic (exact) mass is 210 g/mol. The van der Waals surface area contributed by atoms with Crippen molar-refractivity contribution in [3.63, 3.8) is 0 Å². The Morgan fingerprint density at radius 1 is 1.67 bits per heavy atom. The van der Waals surface area contributed by atoms with Gasteiger partial charge in [-0.15, -0.1) is 0 Å². The van der Waals surface area contributed by atoms with Crippen LogP contribution < -0.4 is 11.1 Å². The standard InChI is InChI=1S/C10H18N4O/c1-3-10(2,11)9(15)12-6-8-14-7-4-5-13-14/h4-5,7H,3,6,8,11H2,1-2H3,(H,12,15). The topological polar surface area (TPSA) is 72.9 Å². The molecular formula is C10H18N4O.